The average molecular weight is 355 g/mol. The molecule has 1 aliphatic carbocycles. The Morgan fingerprint density at radius 2 is 2.08 bits per heavy atom. The maximum absolute atomic E-state index is 13.0. The maximum atomic E-state index is 13.0. The summed E-state index contributed by atoms with van der Waals surface area (Å²) in [5, 5.41) is 8.77. The van der Waals surface area contributed by atoms with Gasteiger partial charge in [-0.2, -0.15) is 4.98 Å². The quantitative estimate of drug-likeness (QED) is 0.850. The molecule has 0 radical (unpaired) electrons. The van der Waals surface area contributed by atoms with Gasteiger partial charge in [-0.25, -0.2) is 4.68 Å². The van der Waals surface area contributed by atoms with Gasteiger partial charge in [-0.05, 0) is 35.3 Å². The van der Waals surface area contributed by atoms with Crippen molar-refractivity contribution in [2.75, 3.05) is 11.1 Å². The zero-order chi connectivity index (χ0) is 17.6. The van der Waals surface area contributed by atoms with E-state index in [2.05, 4.69) is 41.2 Å². The molecule has 130 valence electrons. The first-order valence-electron chi connectivity index (χ1n) is 8.51. The number of anilines is 1. The van der Waals surface area contributed by atoms with Gasteiger partial charge in [0.2, 0.25) is 11.1 Å². The Kier molecular flexibility index (Phi) is 3.91. The first-order valence-corrected chi connectivity index (χ1v) is 9.49. The number of nitrogens with one attached hydrogen (secondary N) is 1. The number of fused-ring (bicyclic) bond motifs is 1. The molecule has 0 fully saturated rings. The van der Waals surface area contributed by atoms with Crippen molar-refractivity contribution in [3.8, 4) is 0 Å². The molecule has 1 aliphatic heterocycles. The van der Waals surface area contributed by atoms with Crippen LogP contribution in [0.25, 0.3) is 0 Å². The monoisotopic (exact) mass is 355 g/mol. The third-order valence-electron chi connectivity index (χ3n) is 4.61. The normalized spacial score (nSPS) is 21.6. The van der Waals surface area contributed by atoms with Gasteiger partial charge in [-0.3, -0.25) is 9.78 Å². The van der Waals surface area contributed by atoms with Crippen LogP contribution in [0, 0.1) is 5.41 Å². The molecule has 0 amide bonds. The molecule has 6 nitrogen and oxygen atoms in total. The molecule has 25 heavy (non-hydrogen) atoms. The Balaban J connectivity index is 1.88. The summed E-state index contributed by atoms with van der Waals surface area (Å²) in [6.45, 7) is 6.35. The molecule has 7 heteroatoms. The van der Waals surface area contributed by atoms with Gasteiger partial charge >= 0.3 is 0 Å². The number of thioether (sulfide) groups is 1. The standard InChI is InChI=1S/C18H21N5OS/c1-4-25-17-21-16-20-12-9-18(2,3)10-13(24)14(12)15(23(16)22-17)11-5-7-19-8-6-11/h5-8,15H,4,9-10H2,1-3H3,(H,20,21,22)/t15-/m0/s1. The molecule has 3 heterocycles. The minimum absolute atomic E-state index is 0.0467. The van der Waals surface area contributed by atoms with Crippen molar-refractivity contribution in [1.29, 1.82) is 0 Å². The van der Waals surface area contributed by atoms with Crippen LogP contribution in [0.3, 0.4) is 0 Å². The van der Waals surface area contributed by atoms with Crippen LogP contribution in [0.1, 0.15) is 45.2 Å². The molecule has 2 aliphatic rings. The zero-order valence-electron chi connectivity index (χ0n) is 14.6. The number of aromatic nitrogens is 4. The van der Waals surface area contributed by atoms with E-state index in [4.69, 9.17) is 0 Å². The Morgan fingerprint density at radius 1 is 1.32 bits per heavy atom. The number of pyridine rings is 1. The minimum Gasteiger partial charge on any atom is -0.328 e. The lowest BCUT2D eigenvalue weighted by Gasteiger charge is -2.38. The SMILES string of the molecule is CCSc1nc2n(n1)[C@@H](c1ccncc1)C1=C(CC(C)(C)CC1=O)N2. The number of ketones is 1. The summed E-state index contributed by atoms with van der Waals surface area (Å²) in [6.07, 6.45) is 4.90. The number of carbonyl (C=O) groups excluding carboxylic acids is 1. The highest BCUT2D eigenvalue weighted by atomic mass is 32.2. The van der Waals surface area contributed by atoms with Gasteiger partial charge in [0.1, 0.15) is 6.04 Å². The predicted octanol–water partition coefficient (Wildman–Crippen LogP) is 3.44. The van der Waals surface area contributed by atoms with Crippen LogP contribution in [0.2, 0.25) is 0 Å². The van der Waals surface area contributed by atoms with Gasteiger partial charge in [0.05, 0.1) is 0 Å². The lowest BCUT2D eigenvalue weighted by Crippen LogP contribution is -2.36. The van der Waals surface area contributed by atoms with E-state index in [0.717, 1.165) is 34.2 Å². The molecular formula is C18H21N5OS. The van der Waals surface area contributed by atoms with Crippen LogP contribution in [-0.2, 0) is 4.79 Å². The van der Waals surface area contributed by atoms with E-state index < -0.39 is 0 Å². The Labute approximate surface area is 151 Å². The molecule has 4 rings (SSSR count). The summed E-state index contributed by atoms with van der Waals surface area (Å²) in [6, 6.07) is 3.66. The van der Waals surface area contributed by atoms with Crippen molar-refractivity contribution in [1.82, 2.24) is 19.7 Å². The van der Waals surface area contributed by atoms with Crippen molar-refractivity contribution < 1.29 is 4.79 Å². The molecule has 2 aromatic rings. The first-order chi connectivity index (χ1) is 12.0. The number of Topliss-reactive ketones (excluding diaryl/α,β-unsaturated/α-hetero) is 1. The second kappa shape index (κ2) is 5.98. The van der Waals surface area contributed by atoms with Crippen LogP contribution in [0.4, 0.5) is 5.95 Å². The first kappa shape index (κ1) is 16.3. The Bertz CT molecular complexity index is 856. The van der Waals surface area contributed by atoms with E-state index in [-0.39, 0.29) is 17.2 Å². The van der Waals surface area contributed by atoms with Crippen molar-refractivity contribution in [3.05, 3.63) is 41.4 Å². The topological polar surface area (TPSA) is 72.7 Å². The van der Waals surface area contributed by atoms with E-state index in [9.17, 15) is 4.79 Å². The van der Waals surface area contributed by atoms with Gasteiger partial charge in [-0.1, -0.05) is 32.5 Å². The van der Waals surface area contributed by atoms with E-state index in [0.29, 0.717) is 12.4 Å². The second-order valence-electron chi connectivity index (χ2n) is 7.24. The molecule has 0 spiro atoms. The average Bonchev–Trinajstić information content (AvgIpc) is 2.95. The predicted molar refractivity (Wildman–Crippen MR) is 97.5 cm³/mol. The minimum atomic E-state index is -0.239. The molecule has 1 atom stereocenters. The smallest absolute Gasteiger partial charge is 0.227 e. The fourth-order valence-electron chi connectivity index (χ4n) is 3.63. The van der Waals surface area contributed by atoms with Crippen molar-refractivity contribution >= 4 is 23.5 Å². The highest BCUT2D eigenvalue weighted by Gasteiger charge is 2.41. The summed E-state index contributed by atoms with van der Waals surface area (Å²) < 4.78 is 1.85. The summed E-state index contributed by atoms with van der Waals surface area (Å²) >= 11 is 1.60. The molecule has 0 unspecified atom stereocenters. The van der Waals surface area contributed by atoms with Gasteiger partial charge in [0.25, 0.3) is 0 Å². The largest absolute Gasteiger partial charge is 0.328 e. The number of rotatable bonds is 3. The number of nitrogens with zero attached hydrogens (tertiary/aromatic N) is 4. The van der Waals surface area contributed by atoms with Crippen LogP contribution in [0.15, 0.2) is 41.0 Å². The number of hydrogen-bond acceptors (Lipinski definition) is 6. The van der Waals surface area contributed by atoms with Gasteiger partial charge < -0.3 is 5.32 Å². The number of carbonyl (C=O) groups is 1. The van der Waals surface area contributed by atoms with Gasteiger partial charge in [0, 0.05) is 30.1 Å². The summed E-state index contributed by atoms with van der Waals surface area (Å²) in [7, 11) is 0. The zero-order valence-corrected chi connectivity index (χ0v) is 15.4. The second-order valence-corrected chi connectivity index (χ2v) is 8.47. The van der Waals surface area contributed by atoms with Crippen LogP contribution in [0.5, 0.6) is 0 Å². The number of hydrogen-bond donors (Lipinski definition) is 1. The van der Waals surface area contributed by atoms with Crippen molar-refractivity contribution in [2.24, 2.45) is 5.41 Å². The number of allylic oxidation sites excluding steroid dienone is 2. The van der Waals surface area contributed by atoms with Crippen LogP contribution < -0.4 is 5.32 Å². The molecular weight excluding hydrogens is 334 g/mol. The molecule has 2 aromatic heterocycles. The van der Waals surface area contributed by atoms with Gasteiger partial charge in [-0.15, -0.1) is 5.10 Å². The van der Waals surface area contributed by atoms with Crippen molar-refractivity contribution in [3.63, 3.8) is 0 Å². The lowest BCUT2D eigenvalue weighted by atomic mass is 9.73. The summed E-state index contributed by atoms with van der Waals surface area (Å²) in [5.41, 5.74) is 2.76. The lowest BCUT2D eigenvalue weighted by molar-refractivity contribution is -0.118. The molecule has 0 saturated carbocycles. The summed E-state index contributed by atoms with van der Waals surface area (Å²) in [5.74, 6) is 1.80. The Hall–Kier alpha value is -2.15. The van der Waals surface area contributed by atoms with E-state index in [1.165, 1.54) is 0 Å². The molecule has 0 bridgehead atoms. The fourth-order valence-corrected chi connectivity index (χ4v) is 4.19. The summed E-state index contributed by atoms with van der Waals surface area (Å²) in [4.78, 5) is 21.7. The van der Waals surface area contributed by atoms with Crippen LogP contribution >= 0.6 is 11.8 Å². The molecule has 0 aromatic carbocycles. The highest BCUT2D eigenvalue weighted by molar-refractivity contribution is 7.99. The van der Waals surface area contributed by atoms with E-state index >= 15 is 0 Å². The molecule has 0 saturated heterocycles. The van der Waals surface area contributed by atoms with Crippen molar-refractivity contribution in [2.45, 2.75) is 44.8 Å². The Morgan fingerprint density at radius 3 is 2.80 bits per heavy atom. The molecule has 1 N–H and O–H groups in total. The van der Waals surface area contributed by atoms with Gasteiger partial charge in [0.15, 0.2) is 5.78 Å². The van der Waals surface area contributed by atoms with E-state index in [1.54, 1.807) is 24.2 Å². The fraction of sp³-hybridized carbons (Fsp3) is 0.444. The van der Waals surface area contributed by atoms with E-state index in [1.807, 2.05) is 16.8 Å². The van der Waals surface area contributed by atoms with Crippen LogP contribution in [-0.4, -0.2) is 31.3 Å². The third-order valence-corrected chi connectivity index (χ3v) is 5.33. The third kappa shape index (κ3) is 2.86. The maximum Gasteiger partial charge on any atom is 0.227 e. The highest BCUT2D eigenvalue weighted by Crippen LogP contribution is 2.45.